The van der Waals surface area contributed by atoms with E-state index in [1.807, 2.05) is 0 Å². The molecule has 0 saturated carbocycles. The van der Waals surface area contributed by atoms with Crippen LogP contribution in [0.2, 0.25) is 0 Å². The lowest BCUT2D eigenvalue weighted by atomic mass is 10.4. The molecule has 1 aliphatic heterocycles. The molecular weight excluding hydrogens is 126 g/mol. The van der Waals surface area contributed by atoms with Crippen molar-refractivity contribution in [3.05, 3.63) is 12.3 Å². The fourth-order valence-corrected chi connectivity index (χ4v) is 0.395. The van der Waals surface area contributed by atoms with Gasteiger partial charge in [-0.2, -0.15) is 8.78 Å². The molecule has 0 saturated heterocycles. The van der Waals surface area contributed by atoms with Crippen LogP contribution in [0.25, 0.3) is 0 Å². The zero-order valence-electron chi connectivity index (χ0n) is 4.46. The molecular formula is C5H4F2N2. The zero-order chi connectivity index (χ0) is 6.74. The minimum Gasteiger partial charge on any atom is -0.245 e. The van der Waals surface area contributed by atoms with Gasteiger partial charge in [0, 0.05) is 12.3 Å². The summed E-state index contributed by atoms with van der Waals surface area (Å²) in [5.74, 6) is -2.93. The van der Waals surface area contributed by atoms with Crippen LogP contribution in [-0.4, -0.2) is 18.5 Å². The fourth-order valence-electron chi connectivity index (χ4n) is 0.395. The smallest absolute Gasteiger partial charge is 0.245 e. The number of halogens is 2. The van der Waals surface area contributed by atoms with E-state index in [0.717, 1.165) is 12.5 Å². The van der Waals surface area contributed by atoms with E-state index >= 15 is 0 Å². The zero-order valence-corrected chi connectivity index (χ0v) is 4.46. The van der Waals surface area contributed by atoms with Gasteiger partial charge in [0.25, 0.3) is 0 Å². The monoisotopic (exact) mass is 130 g/mol. The maximum Gasteiger partial charge on any atom is 0.303 e. The van der Waals surface area contributed by atoms with Crippen molar-refractivity contribution in [1.29, 1.82) is 0 Å². The van der Waals surface area contributed by atoms with E-state index in [9.17, 15) is 8.78 Å². The van der Waals surface area contributed by atoms with Gasteiger partial charge in [0.05, 0.1) is 6.21 Å². The minimum atomic E-state index is -2.93. The maximum atomic E-state index is 12.1. The molecule has 1 heterocycles. The van der Waals surface area contributed by atoms with Crippen molar-refractivity contribution in [2.24, 2.45) is 9.98 Å². The highest BCUT2D eigenvalue weighted by atomic mass is 19.3. The number of allylic oxidation sites excluding steroid dienone is 1. The van der Waals surface area contributed by atoms with Gasteiger partial charge < -0.3 is 0 Å². The Labute approximate surface area is 50.6 Å². The van der Waals surface area contributed by atoms with Crippen molar-refractivity contribution >= 4 is 12.6 Å². The van der Waals surface area contributed by atoms with Crippen molar-refractivity contribution in [2.45, 2.75) is 5.92 Å². The summed E-state index contributed by atoms with van der Waals surface area (Å²) in [5.41, 5.74) is 0. The van der Waals surface area contributed by atoms with Crippen LogP contribution < -0.4 is 0 Å². The standard InChI is InChI=1S/C5H4F2N2/c6-5(7)1-2-8-4-9-3-5/h1-4H. The van der Waals surface area contributed by atoms with Crippen LogP contribution in [0.4, 0.5) is 8.78 Å². The van der Waals surface area contributed by atoms with Crippen molar-refractivity contribution < 1.29 is 8.78 Å². The van der Waals surface area contributed by atoms with Crippen LogP contribution in [0.3, 0.4) is 0 Å². The normalized spacial score (nSPS) is 22.0. The molecule has 0 aromatic heterocycles. The Kier molecular flexibility index (Phi) is 1.38. The molecule has 9 heavy (non-hydrogen) atoms. The highest BCUT2D eigenvalue weighted by Gasteiger charge is 2.21. The minimum absolute atomic E-state index is 0.542. The average molecular weight is 130 g/mol. The third-order valence-corrected chi connectivity index (χ3v) is 0.763. The molecule has 1 aliphatic rings. The van der Waals surface area contributed by atoms with E-state index < -0.39 is 5.92 Å². The van der Waals surface area contributed by atoms with Gasteiger partial charge in [0.1, 0.15) is 6.34 Å². The predicted molar refractivity (Wildman–Crippen MR) is 31.1 cm³/mol. The van der Waals surface area contributed by atoms with E-state index in [1.54, 1.807) is 0 Å². The third-order valence-electron chi connectivity index (χ3n) is 0.763. The Morgan fingerprint density at radius 2 is 2.00 bits per heavy atom. The van der Waals surface area contributed by atoms with Crippen LogP contribution in [-0.2, 0) is 0 Å². The summed E-state index contributed by atoms with van der Waals surface area (Å²) >= 11 is 0. The molecule has 0 aliphatic carbocycles. The number of hydrogen-bond donors (Lipinski definition) is 0. The molecule has 4 heteroatoms. The first-order valence-electron chi connectivity index (χ1n) is 2.32. The molecule has 0 unspecified atom stereocenters. The van der Waals surface area contributed by atoms with Crippen LogP contribution in [0, 0.1) is 0 Å². The molecule has 48 valence electrons. The third kappa shape index (κ3) is 1.71. The number of aliphatic imine (C=N–C) groups is 2. The first kappa shape index (κ1) is 6.07. The Morgan fingerprint density at radius 3 is 2.78 bits per heavy atom. The molecule has 2 nitrogen and oxygen atoms in total. The second kappa shape index (κ2) is 2.05. The topological polar surface area (TPSA) is 24.7 Å². The van der Waals surface area contributed by atoms with Gasteiger partial charge in [0.2, 0.25) is 0 Å². The fraction of sp³-hybridized carbons (Fsp3) is 0.200. The Morgan fingerprint density at radius 1 is 1.22 bits per heavy atom. The van der Waals surface area contributed by atoms with Crippen LogP contribution in [0.15, 0.2) is 22.3 Å². The van der Waals surface area contributed by atoms with Crippen molar-refractivity contribution in [3.63, 3.8) is 0 Å². The van der Waals surface area contributed by atoms with E-state index in [0.29, 0.717) is 12.3 Å². The highest BCUT2D eigenvalue weighted by molar-refractivity contribution is 5.79. The second-order valence-corrected chi connectivity index (χ2v) is 1.53. The Bertz CT molecular complexity index is 163. The summed E-state index contributed by atoms with van der Waals surface area (Å²) in [6.07, 6.45) is 3.31. The summed E-state index contributed by atoms with van der Waals surface area (Å²) in [6, 6.07) is 0. The molecule has 0 atom stereocenters. The highest BCUT2D eigenvalue weighted by Crippen LogP contribution is 2.12. The Hall–Kier alpha value is -1.06. The lowest BCUT2D eigenvalue weighted by Gasteiger charge is -1.99. The molecule has 0 bridgehead atoms. The van der Waals surface area contributed by atoms with E-state index in [-0.39, 0.29) is 0 Å². The number of nitrogens with zero attached hydrogens (tertiary/aromatic N) is 2. The summed E-state index contributed by atoms with van der Waals surface area (Å²) in [6.45, 7) is 0. The van der Waals surface area contributed by atoms with Crippen molar-refractivity contribution in [2.75, 3.05) is 0 Å². The summed E-state index contributed by atoms with van der Waals surface area (Å²) in [4.78, 5) is 6.58. The molecule has 0 spiro atoms. The number of alkyl halides is 2. The molecule has 0 fully saturated rings. The molecule has 0 aromatic rings. The Balaban J connectivity index is 2.82. The number of hydrogen-bond acceptors (Lipinski definition) is 2. The van der Waals surface area contributed by atoms with Gasteiger partial charge in [-0.3, -0.25) is 0 Å². The SMILES string of the molecule is FC1(F)C=CN=CN=C1. The van der Waals surface area contributed by atoms with E-state index in [1.165, 1.54) is 0 Å². The van der Waals surface area contributed by atoms with Crippen molar-refractivity contribution in [3.8, 4) is 0 Å². The first-order valence-corrected chi connectivity index (χ1v) is 2.32. The molecule has 1 rings (SSSR count). The van der Waals surface area contributed by atoms with Gasteiger partial charge in [0.15, 0.2) is 0 Å². The summed E-state index contributed by atoms with van der Waals surface area (Å²) in [5, 5.41) is 0. The summed E-state index contributed by atoms with van der Waals surface area (Å²) in [7, 11) is 0. The quantitative estimate of drug-likeness (QED) is 0.471. The van der Waals surface area contributed by atoms with Crippen molar-refractivity contribution in [1.82, 2.24) is 0 Å². The predicted octanol–water partition coefficient (Wildman–Crippen LogP) is 1.25. The molecule has 0 radical (unpaired) electrons. The lowest BCUT2D eigenvalue weighted by molar-refractivity contribution is 0.140. The van der Waals surface area contributed by atoms with Crippen LogP contribution >= 0.6 is 0 Å². The van der Waals surface area contributed by atoms with Gasteiger partial charge in [-0.15, -0.1) is 0 Å². The maximum absolute atomic E-state index is 12.1. The van der Waals surface area contributed by atoms with Crippen LogP contribution in [0.5, 0.6) is 0 Å². The lowest BCUT2D eigenvalue weighted by Crippen LogP contribution is -2.12. The van der Waals surface area contributed by atoms with Gasteiger partial charge in [-0.1, -0.05) is 0 Å². The van der Waals surface area contributed by atoms with Gasteiger partial charge in [-0.25, -0.2) is 9.98 Å². The van der Waals surface area contributed by atoms with E-state index in [2.05, 4.69) is 9.98 Å². The largest absolute Gasteiger partial charge is 0.303 e. The van der Waals surface area contributed by atoms with Gasteiger partial charge >= 0.3 is 5.92 Å². The first-order chi connectivity index (χ1) is 4.21. The second-order valence-electron chi connectivity index (χ2n) is 1.53. The molecule has 0 aromatic carbocycles. The number of rotatable bonds is 0. The average Bonchev–Trinajstić information content (AvgIpc) is 1.92. The summed E-state index contributed by atoms with van der Waals surface area (Å²) < 4.78 is 24.3. The van der Waals surface area contributed by atoms with Crippen LogP contribution in [0.1, 0.15) is 0 Å². The molecule has 0 N–H and O–H groups in total. The molecule has 0 amide bonds. The van der Waals surface area contributed by atoms with E-state index in [4.69, 9.17) is 0 Å². The van der Waals surface area contributed by atoms with Gasteiger partial charge in [-0.05, 0) is 0 Å².